The molecule has 290 valence electrons. The molecule has 2 amide bonds. The number of aliphatic hydroxyl groups is 2. The molecule has 15 nitrogen and oxygen atoms in total. The summed E-state index contributed by atoms with van der Waals surface area (Å²) in [6.45, 7) is 12.9. The first-order chi connectivity index (χ1) is 24.5. The minimum Gasteiger partial charge on any atom is -0.507 e. The second-order valence-electron chi connectivity index (χ2n) is 15.5. The molecule has 2 heterocycles. The Morgan fingerprint density at radius 3 is 2.45 bits per heavy atom. The average Bonchev–Trinajstić information content (AvgIpc) is 3.06. The molecule has 1 aromatic carbocycles. The molecule has 16 heteroatoms. The third kappa shape index (κ3) is 6.72. The van der Waals surface area contributed by atoms with Gasteiger partial charge in [-0.15, -0.1) is 6.58 Å². The molecule has 3 fully saturated rings. The quantitative estimate of drug-likeness (QED) is 0.128. The van der Waals surface area contributed by atoms with Crippen molar-refractivity contribution in [3.05, 3.63) is 51.3 Å². The molecular weight excluding hydrogens is 760 g/mol. The van der Waals surface area contributed by atoms with Crippen LogP contribution >= 0.6 is 15.9 Å². The Kier molecular flexibility index (Phi) is 10.6. The fourth-order valence-corrected chi connectivity index (χ4v) is 9.27. The normalized spacial score (nSPS) is 33.2. The molecule has 4 N–H and O–H groups in total. The van der Waals surface area contributed by atoms with E-state index in [1.807, 2.05) is 13.8 Å². The highest BCUT2D eigenvalue weighted by atomic mass is 79.9. The van der Waals surface area contributed by atoms with Gasteiger partial charge in [-0.1, -0.05) is 26.8 Å². The minimum absolute atomic E-state index is 0.0405. The number of hydrogen-bond donors (Lipinski definition) is 4. The van der Waals surface area contributed by atoms with E-state index in [4.69, 9.17) is 23.4 Å². The maximum absolute atomic E-state index is 14.2. The summed E-state index contributed by atoms with van der Waals surface area (Å²) in [7, 11) is 1.44. The summed E-state index contributed by atoms with van der Waals surface area (Å²) >= 11 is 3.22. The lowest BCUT2D eigenvalue weighted by Gasteiger charge is -2.71. The molecule has 0 spiro atoms. The lowest BCUT2D eigenvalue weighted by molar-refractivity contribution is -0.369. The third-order valence-electron chi connectivity index (χ3n) is 11.5. The molecule has 8 unspecified atom stereocenters. The van der Waals surface area contributed by atoms with E-state index in [0.29, 0.717) is 21.8 Å². The second-order valence-corrected chi connectivity index (χ2v) is 16.4. The van der Waals surface area contributed by atoms with E-state index in [1.165, 1.54) is 43.1 Å². The molecule has 1 saturated heterocycles. The number of hydrogen-bond acceptors (Lipinski definition) is 13. The van der Waals surface area contributed by atoms with Gasteiger partial charge >= 0.3 is 23.8 Å². The molecule has 3 aliphatic rings. The lowest BCUT2D eigenvalue weighted by Crippen LogP contribution is -2.87. The standard InChI is InChI=1S/C37H47BrN2O13/c1-9-34(5)17-26(44)37(48)35(6)25(43)10-11-33(3,4)29(35)28(30(50-19(2)41)36(37,7)53-34)52-31(46)39-12-13-40(8)32(47)49-18-20-14-27(45)51-24-16-23(42)22(38)15-21(20)24/h9,14-16,25,28-30,42-43,48H,1,10-13,17-18H2,2-8H3,(H,39,46). The number of nitrogens with zero attached hydrogens (tertiary/aromatic N) is 1. The first kappa shape index (κ1) is 40.2. The van der Waals surface area contributed by atoms with Gasteiger partial charge in [0.05, 0.1) is 16.2 Å². The van der Waals surface area contributed by atoms with Crippen molar-refractivity contribution in [2.24, 2.45) is 16.7 Å². The molecule has 8 atom stereocenters. The summed E-state index contributed by atoms with van der Waals surface area (Å²) in [5.41, 5.74) is -8.30. The predicted octanol–water partition coefficient (Wildman–Crippen LogP) is 4.10. The van der Waals surface area contributed by atoms with Crippen LogP contribution in [0.1, 0.15) is 66.4 Å². The van der Waals surface area contributed by atoms with Crippen molar-refractivity contribution in [2.75, 3.05) is 20.1 Å². The number of fused-ring (bicyclic) bond motifs is 4. The van der Waals surface area contributed by atoms with Crippen molar-refractivity contribution >= 4 is 50.8 Å². The van der Waals surface area contributed by atoms with Gasteiger partial charge in [-0.05, 0) is 54.1 Å². The van der Waals surface area contributed by atoms with Crippen LogP contribution in [0.4, 0.5) is 9.59 Å². The van der Waals surface area contributed by atoms with Gasteiger partial charge in [-0.2, -0.15) is 0 Å². The number of nitrogens with one attached hydrogen (secondary N) is 1. The largest absolute Gasteiger partial charge is 0.507 e. The molecule has 2 saturated carbocycles. The maximum Gasteiger partial charge on any atom is 0.409 e. The van der Waals surface area contributed by atoms with E-state index < -0.39 is 81.4 Å². The van der Waals surface area contributed by atoms with Crippen LogP contribution in [0.2, 0.25) is 0 Å². The Bertz CT molecular complexity index is 1900. The van der Waals surface area contributed by atoms with Crippen LogP contribution in [0.15, 0.2) is 44.5 Å². The van der Waals surface area contributed by atoms with E-state index in [9.17, 15) is 39.3 Å². The third-order valence-corrected chi connectivity index (χ3v) is 12.2. The van der Waals surface area contributed by atoms with Gasteiger partial charge in [0.2, 0.25) is 0 Å². The second kappa shape index (κ2) is 14.0. The van der Waals surface area contributed by atoms with Gasteiger partial charge < -0.3 is 48.9 Å². The van der Waals surface area contributed by atoms with Crippen LogP contribution in [0.5, 0.6) is 5.75 Å². The van der Waals surface area contributed by atoms with Crippen LogP contribution in [-0.4, -0.2) is 99.4 Å². The average molecular weight is 808 g/mol. The van der Waals surface area contributed by atoms with Crippen LogP contribution in [-0.2, 0) is 35.1 Å². The Morgan fingerprint density at radius 1 is 1.13 bits per heavy atom. The summed E-state index contributed by atoms with van der Waals surface area (Å²) < 4.78 is 29.3. The Balaban J connectivity index is 1.35. The van der Waals surface area contributed by atoms with Crippen LogP contribution in [0, 0.1) is 16.7 Å². The van der Waals surface area contributed by atoms with Crippen molar-refractivity contribution in [3.63, 3.8) is 0 Å². The minimum atomic E-state index is -2.38. The van der Waals surface area contributed by atoms with Gasteiger partial charge in [0.1, 0.15) is 29.6 Å². The molecular formula is C37H47BrN2O13. The Morgan fingerprint density at radius 2 is 1.81 bits per heavy atom. The smallest absolute Gasteiger partial charge is 0.409 e. The monoisotopic (exact) mass is 806 g/mol. The Hall–Kier alpha value is -3.99. The topological polar surface area (TPSA) is 211 Å². The highest BCUT2D eigenvalue weighted by Gasteiger charge is 2.82. The van der Waals surface area contributed by atoms with E-state index >= 15 is 0 Å². The zero-order valence-electron chi connectivity index (χ0n) is 30.8. The van der Waals surface area contributed by atoms with E-state index in [-0.39, 0.29) is 43.9 Å². The number of aromatic hydroxyl groups is 1. The zero-order chi connectivity index (χ0) is 39.5. The number of likely N-dealkylation sites (N-methyl/N-ethyl adjacent to an activating group) is 1. The number of carbonyl (C=O) groups excluding carboxylic acids is 4. The number of benzene rings is 1. The molecule has 1 aliphatic heterocycles. The summed E-state index contributed by atoms with van der Waals surface area (Å²) in [4.78, 5) is 66.5. The number of rotatable bonds is 8. The van der Waals surface area contributed by atoms with Crippen molar-refractivity contribution < 1.29 is 57.9 Å². The SMILES string of the molecule is C=CC1(C)CC(=O)C2(O)C(C)(O1)C(OC(C)=O)C(OC(=O)NCCN(C)C(=O)OCc1cc(=O)oc3cc(O)c(Br)cc13)C1C(C)(C)CCC(O)C12C. The number of Topliss-reactive ketones (excluding diaryl/α,β-unsaturated/α-hetero) is 1. The maximum atomic E-state index is 14.2. The fraction of sp³-hybridized carbons (Fsp3) is 0.595. The molecule has 0 bridgehead atoms. The molecule has 53 heavy (non-hydrogen) atoms. The number of halogens is 1. The molecule has 2 aromatic rings. The van der Waals surface area contributed by atoms with E-state index in [2.05, 4.69) is 27.8 Å². The highest BCUT2D eigenvalue weighted by molar-refractivity contribution is 9.10. The van der Waals surface area contributed by atoms with Gasteiger partial charge in [-0.3, -0.25) is 9.59 Å². The number of phenolic OH excluding ortho intramolecular Hbond substituents is 1. The summed E-state index contributed by atoms with van der Waals surface area (Å²) in [6.07, 6.45) is -3.93. The number of amides is 2. The molecule has 0 radical (unpaired) electrons. The fourth-order valence-electron chi connectivity index (χ4n) is 8.93. The number of ether oxygens (including phenoxy) is 4. The van der Waals surface area contributed by atoms with E-state index in [1.54, 1.807) is 13.8 Å². The van der Waals surface area contributed by atoms with Crippen LogP contribution in [0.25, 0.3) is 11.0 Å². The molecule has 5 rings (SSSR count). The zero-order valence-corrected chi connectivity index (χ0v) is 32.4. The summed E-state index contributed by atoms with van der Waals surface area (Å²) in [6, 6.07) is 3.97. The highest BCUT2D eigenvalue weighted by Crippen LogP contribution is 2.67. The van der Waals surface area contributed by atoms with Gasteiger partial charge in [0.25, 0.3) is 0 Å². The first-order valence-electron chi connectivity index (χ1n) is 17.3. The summed E-state index contributed by atoms with van der Waals surface area (Å²) in [5, 5.41) is 37.4. The van der Waals surface area contributed by atoms with Crippen molar-refractivity contribution in [1.29, 1.82) is 0 Å². The number of alkyl carbamates (subject to hydrolysis) is 1. The number of phenols is 1. The lowest BCUT2D eigenvalue weighted by atomic mass is 9.39. The number of carbonyl (C=O) groups is 4. The van der Waals surface area contributed by atoms with Gasteiger partial charge in [0, 0.05) is 67.9 Å². The van der Waals surface area contributed by atoms with Crippen LogP contribution < -0.4 is 10.9 Å². The Labute approximate surface area is 314 Å². The van der Waals surface area contributed by atoms with Crippen molar-refractivity contribution in [3.8, 4) is 5.75 Å². The predicted molar refractivity (Wildman–Crippen MR) is 192 cm³/mol. The first-order valence-corrected chi connectivity index (χ1v) is 18.1. The molecule has 2 aliphatic carbocycles. The van der Waals surface area contributed by atoms with Gasteiger partial charge in [0.15, 0.2) is 17.5 Å². The summed E-state index contributed by atoms with van der Waals surface area (Å²) in [5.74, 6) is -2.44. The van der Waals surface area contributed by atoms with Crippen molar-refractivity contribution in [2.45, 2.75) is 103 Å². The van der Waals surface area contributed by atoms with Crippen molar-refractivity contribution in [1.82, 2.24) is 10.2 Å². The molecule has 1 aromatic heterocycles. The van der Waals surface area contributed by atoms with E-state index in [0.717, 1.165) is 6.92 Å². The van der Waals surface area contributed by atoms with Crippen LogP contribution in [0.3, 0.4) is 0 Å². The number of ketones is 1. The number of esters is 1. The number of aliphatic hydroxyl groups excluding tert-OH is 1. The van der Waals surface area contributed by atoms with Gasteiger partial charge in [-0.25, -0.2) is 14.4 Å².